The van der Waals surface area contributed by atoms with Gasteiger partial charge < -0.3 is 10.8 Å². The fourth-order valence-corrected chi connectivity index (χ4v) is 2.47. The molecule has 92 valence electrons. The van der Waals surface area contributed by atoms with Gasteiger partial charge in [0.15, 0.2) is 9.84 Å². The van der Waals surface area contributed by atoms with Crippen molar-refractivity contribution in [1.82, 2.24) is 0 Å². The Morgan fingerprint density at radius 1 is 1.29 bits per heavy atom. The highest BCUT2D eigenvalue weighted by Gasteiger charge is 2.17. The Labute approximate surface area is 98.0 Å². The van der Waals surface area contributed by atoms with Gasteiger partial charge in [0.05, 0.1) is 5.75 Å². The van der Waals surface area contributed by atoms with Gasteiger partial charge >= 0.3 is 5.97 Å². The average molecular weight is 257 g/mol. The van der Waals surface area contributed by atoms with E-state index in [2.05, 4.69) is 0 Å². The first-order valence-electron chi connectivity index (χ1n) is 4.61. The molecule has 0 aromatic heterocycles. The van der Waals surface area contributed by atoms with Gasteiger partial charge in [0.2, 0.25) is 5.91 Å². The number of hydrogen-bond acceptors (Lipinski definition) is 4. The van der Waals surface area contributed by atoms with Gasteiger partial charge in [0.1, 0.15) is 5.75 Å². The molecule has 7 heteroatoms. The third kappa shape index (κ3) is 4.23. The summed E-state index contributed by atoms with van der Waals surface area (Å²) in [4.78, 5) is 21.2. The van der Waals surface area contributed by atoms with Crippen molar-refractivity contribution in [2.45, 2.75) is 5.75 Å². The molecule has 1 rings (SSSR count). The van der Waals surface area contributed by atoms with E-state index in [1.165, 1.54) is 24.3 Å². The van der Waals surface area contributed by atoms with Crippen LogP contribution in [-0.2, 0) is 20.4 Å². The van der Waals surface area contributed by atoms with Crippen molar-refractivity contribution in [2.75, 3.05) is 5.75 Å². The SMILES string of the molecule is NC(=O)c1cccc(CS(=O)(=O)CC(=O)O)c1. The third-order valence-electron chi connectivity index (χ3n) is 1.94. The highest BCUT2D eigenvalue weighted by atomic mass is 32.2. The summed E-state index contributed by atoms with van der Waals surface area (Å²) < 4.78 is 22.8. The number of primary amides is 1. The summed E-state index contributed by atoms with van der Waals surface area (Å²) in [5, 5.41) is 8.42. The fourth-order valence-electron chi connectivity index (χ4n) is 1.31. The zero-order valence-electron chi connectivity index (χ0n) is 8.79. The summed E-state index contributed by atoms with van der Waals surface area (Å²) in [5.41, 5.74) is 5.57. The van der Waals surface area contributed by atoms with Crippen LogP contribution in [0.25, 0.3) is 0 Å². The van der Waals surface area contributed by atoms with E-state index in [0.29, 0.717) is 5.56 Å². The molecule has 0 saturated carbocycles. The number of sulfone groups is 1. The average Bonchev–Trinajstić information content (AvgIpc) is 2.14. The van der Waals surface area contributed by atoms with Gasteiger partial charge in [-0.25, -0.2) is 8.42 Å². The number of hydrogen-bond donors (Lipinski definition) is 2. The number of rotatable bonds is 5. The van der Waals surface area contributed by atoms with Crippen molar-refractivity contribution in [3.8, 4) is 0 Å². The Morgan fingerprint density at radius 3 is 2.47 bits per heavy atom. The first kappa shape index (κ1) is 13.2. The second kappa shape index (κ2) is 4.96. The van der Waals surface area contributed by atoms with Crippen LogP contribution in [0.3, 0.4) is 0 Å². The van der Waals surface area contributed by atoms with Crippen molar-refractivity contribution in [2.24, 2.45) is 5.73 Å². The van der Waals surface area contributed by atoms with Gasteiger partial charge in [-0.15, -0.1) is 0 Å². The van der Waals surface area contributed by atoms with Gasteiger partial charge in [0, 0.05) is 5.56 Å². The van der Waals surface area contributed by atoms with Crippen molar-refractivity contribution >= 4 is 21.7 Å². The molecule has 0 unspecified atom stereocenters. The molecule has 3 N–H and O–H groups in total. The number of carbonyl (C=O) groups excluding carboxylic acids is 1. The maximum Gasteiger partial charge on any atom is 0.318 e. The second-order valence-corrected chi connectivity index (χ2v) is 5.56. The van der Waals surface area contributed by atoms with E-state index in [-0.39, 0.29) is 5.56 Å². The van der Waals surface area contributed by atoms with Crippen LogP contribution in [0.5, 0.6) is 0 Å². The molecule has 0 atom stereocenters. The van der Waals surface area contributed by atoms with E-state index in [1.54, 1.807) is 0 Å². The van der Waals surface area contributed by atoms with E-state index in [9.17, 15) is 18.0 Å². The number of benzene rings is 1. The molecule has 17 heavy (non-hydrogen) atoms. The fraction of sp³-hybridized carbons (Fsp3) is 0.200. The molecular formula is C10H11NO5S. The predicted molar refractivity (Wildman–Crippen MR) is 60.1 cm³/mol. The normalized spacial score (nSPS) is 11.1. The van der Waals surface area contributed by atoms with E-state index < -0.39 is 33.2 Å². The van der Waals surface area contributed by atoms with Crippen molar-refractivity contribution in [3.63, 3.8) is 0 Å². The Morgan fingerprint density at radius 2 is 1.94 bits per heavy atom. The number of carbonyl (C=O) groups is 2. The summed E-state index contributed by atoms with van der Waals surface area (Å²) in [6.45, 7) is 0. The van der Waals surface area contributed by atoms with Crippen molar-refractivity contribution < 1.29 is 23.1 Å². The number of carboxylic acids is 1. The van der Waals surface area contributed by atoms with Gasteiger partial charge in [-0.3, -0.25) is 9.59 Å². The van der Waals surface area contributed by atoms with E-state index in [4.69, 9.17) is 10.8 Å². The molecule has 0 fully saturated rings. The zero-order chi connectivity index (χ0) is 13.1. The smallest absolute Gasteiger partial charge is 0.318 e. The number of amides is 1. The first-order chi connectivity index (χ1) is 7.80. The van der Waals surface area contributed by atoms with Crippen LogP contribution in [0.2, 0.25) is 0 Å². The summed E-state index contributed by atoms with van der Waals surface area (Å²) in [5.74, 6) is -3.44. The Balaban J connectivity index is 2.92. The minimum absolute atomic E-state index is 0.188. The van der Waals surface area contributed by atoms with E-state index >= 15 is 0 Å². The molecule has 1 aromatic carbocycles. The molecule has 0 heterocycles. The summed E-state index contributed by atoms with van der Waals surface area (Å²) in [6, 6.07) is 5.77. The molecule has 0 aliphatic rings. The first-order valence-corrected chi connectivity index (χ1v) is 6.43. The van der Waals surface area contributed by atoms with Crippen LogP contribution in [0, 0.1) is 0 Å². The van der Waals surface area contributed by atoms with E-state index in [1.807, 2.05) is 0 Å². The molecule has 0 aliphatic carbocycles. The second-order valence-electron chi connectivity index (χ2n) is 3.49. The van der Waals surface area contributed by atoms with Crippen LogP contribution in [0.4, 0.5) is 0 Å². The summed E-state index contributed by atoms with van der Waals surface area (Å²) in [6.07, 6.45) is 0. The summed E-state index contributed by atoms with van der Waals surface area (Å²) >= 11 is 0. The minimum Gasteiger partial charge on any atom is -0.480 e. The van der Waals surface area contributed by atoms with Crippen LogP contribution >= 0.6 is 0 Å². The topological polar surface area (TPSA) is 115 Å². The summed E-state index contributed by atoms with van der Waals surface area (Å²) in [7, 11) is -3.73. The Kier molecular flexibility index (Phi) is 3.84. The molecular weight excluding hydrogens is 246 g/mol. The molecule has 1 amide bonds. The number of aliphatic carboxylic acids is 1. The molecule has 0 spiro atoms. The van der Waals surface area contributed by atoms with Gasteiger partial charge in [-0.1, -0.05) is 12.1 Å². The van der Waals surface area contributed by atoms with Crippen LogP contribution in [0.1, 0.15) is 15.9 Å². The molecule has 0 radical (unpaired) electrons. The van der Waals surface area contributed by atoms with E-state index in [0.717, 1.165) is 0 Å². The minimum atomic E-state index is -3.73. The van der Waals surface area contributed by atoms with Gasteiger partial charge in [0.25, 0.3) is 0 Å². The van der Waals surface area contributed by atoms with Crippen LogP contribution in [0.15, 0.2) is 24.3 Å². The Bertz CT molecular complexity index is 550. The van der Waals surface area contributed by atoms with Crippen LogP contribution in [-0.4, -0.2) is 31.2 Å². The Hall–Kier alpha value is -1.89. The quantitative estimate of drug-likeness (QED) is 0.757. The molecule has 6 nitrogen and oxygen atoms in total. The van der Waals surface area contributed by atoms with Crippen LogP contribution < -0.4 is 5.73 Å². The number of carboxylic acid groups (broad SMARTS) is 1. The number of nitrogens with two attached hydrogens (primary N) is 1. The van der Waals surface area contributed by atoms with Gasteiger partial charge in [-0.2, -0.15) is 0 Å². The molecule has 0 aliphatic heterocycles. The largest absolute Gasteiger partial charge is 0.480 e. The lowest BCUT2D eigenvalue weighted by molar-refractivity contribution is -0.134. The lowest BCUT2D eigenvalue weighted by Gasteiger charge is -2.03. The highest BCUT2D eigenvalue weighted by molar-refractivity contribution is 7.91. The molecule has 0 bridgehead atoms. The van der Waals surface area contributed by atoms with Gasteiger partial charge in [-0.05, 0) is 17.7 Å². The highest BCUT2D eigenvalue weighted by Crippen LogP contribution is 2.09. The molecule has 0 saturated heterocycles. The molecule has 1 aromatic rings. The lowest BCUT2D eigenvalue weighted by Crippen LogP contribution is -2.17. The zero-order valence-corrected chi connectivity index (χ0v) is 9.61. The maximum absolute atomic E-state index is 11.4. The lowest BCUT2D eigenvalue weighted by atomic mass is 10.1. The maximum atomic E-state index is 11.4. The monoisotopic (exact) mass is 257 g/mol. The third-order valence-corrected chi connectivity index (χ3v) is 3.40. The standard InChI is InChI=1S/C10H11NO5S/c11-10(14)8-3-1-2-7(4-8)5-17(15,16)6-9(12)13/h1-4H,5-6H2,(H2,11,14)(H,12,13). The van der Waals surface area contributed by atoms with Crippen molar-refractivity contribution in [1.29, 1.82) is 0 Å². The predicted octanol–water partition coefficient (Wildman–Crippen LogP) is -0.215. The van der Waals surface area contributed by atoms with Crippen molar-refractivity contribution in [3.05, 3.63) is 35.4 Å².